The predicted octanol–water partition coefficient (Wildman–Crippen LogP) is 3.59. The smallest absolute Gasteiger partial charge is 0.345 e. The maximum absolute atomic E-state index is 12.6. The van der Waals surface area contributed by atoms with Gasteiger partial charge in [0.1, 0.15) is 5.75 Å². The highest BCUT2D eigenvalue weighted by molar-refractivity contribution is 5.93. The summed E-state index contributed by atoms with van der Waals surface area (Å²) in [6.45, 7) is 5.82. The highest BCUT2D eigenvalue weighted by Crippen LogP contribution is 2.30. The number of pyridine rings is 1. The molecule has 1 aliphatic rings. The average molecular weight is 362 g/mol. The Morgan fingerprint density at radius 2 is 1.93 bits per heavy atom. The lowest BCUT2D eigenvalue weighted by Gasteiger charge is -2.27. The van der Waals surface area contributed by atoms with Crippen molar-refractivity contribution in [2.75, 3.05) is 26.3 Å². The van der Waals surface area contributed by atoms with E-state index in [4.69, 9.17) is 9.47 Å². The van der Waals surface area contributed by atoms with Gasteiger partial charge in [-0.15, -0.1) is 0 Å². The van der Waals surface area contributed by atoms with E-state index in [1.807, 2.05) is 37.3 Å². The Kier molecular flexibility index (Phi) is 5.14. The van der Waals surface area contributed by atoms with E-state index in [-0.39, 0.29) is 5.97 Å². The van der Waals surface area contributed by atoms with Crippen LogP contribution in [0.15, 0.2) is 54.7 Å². The number of rotatable bonds is 4. The third-order valence-corrected chi connectivity index (χ3v) is 4.83. The van der Waals surface area contributed by atoms with E-state index < -0.39 is 0 Å². The summed E-state index contributed by atoms with van der Waals surface area (Å²) in [5.74, 6) is 0.215. The standard InChI is InChI=1S/C22H22N2O3/c1-16-6-7-18(14-23-16)22(25)27-21-9-8-17-4-2-3-5-19(17)20(21)15-24-10-12-26-13-11-24/h2-9,14H,10-13,15H2,1H3. The number of hydrogen-bond donors (Lipinski definition) is 0. The summed E-state index contributed by atoms with van der Waals surface area (Å²) in [6, 6.07) is 15.6. The Hall–Kier alpha value is -2.76. The minimum Gasteiger partial charge on any atom is -0.423 e. The number of aromatic nitrogens is 1. The normalized spacial score (nSPS) is 15.0. The molecule has 0 N–H and O–H groups in total. The second kappa shape index (κ2) is 7.86. The monoisotopic (exact) mass is 362 g/mol. The number of esters is 1. The number of fused-ring (bicyclic) bond motifs is 1. The van der Waals surface area contributed by atoms with Gasteiger partial charge in [0.25, 0.3) is 0 Å². The molecule has 0 aliphatic carbocycles. The number of aryl methyl sites for hydroxylation is 1. The molecule has 1 aliphatic heterocycles. The van der Waals surface area contributed by atoms with E-state index in [1.165, 1.54) is 0 Å². The number of benzene rings is 2. The number of carbonyl (C=O) groups excluding carboxylic acids is 1. The van der Waals surface area contributed by atoms with E-state index in [1.54, 1.807) is 12.3 Å². The molecule has 2 aromatic carbocycles. The molecule has 27 heavy (non-hydrogen) atoms. The van der Waals surface area contributed by atoms with Crippen LogP contribution in [-0.2, 0) is 11.3 Å². The molecule has 0 bridgehead atoms. The zero-order valence-corrected chi connectivity index (χ0v) is 15.4. The van der Waals surface area contributed by atoms with Crippen molar-refractivity contribution >= 4 is 16.7 Å². The van der Waals surface area contributed by atoms with Crippen molar-refractivity contribution in [3.63, 3.8) is 0 Å². The summed E-state index contributed by atoms with van der Waals surface area (Å²) in [7, 11) is 0. The van der Waals surface area contributed by atoms with Crippen LogP contribution < -0.4 is 4.74 Å². The Morgan fingerprint density at radius 3 is 2.70 bits per heavy atom. The number of morpholine rings is 1. The van der Waals surface area contributed by atoms with Crippen molar-refractivity contribution in [2.45, 2.75) is 13.5 Å². The third-order valence-electron chi connectivity index (χ3n) is 4.83. The van der Waals surface area contributed by atoms with Crippen LogP contribution >= 0.6 is 0 Å². The van der Waals surface area contributed by atoms with Crippen molar-refractivity contribution in [3.8, 4) is 5.75 Å². The molecule has 4 rings (SSSR count). The molecule has 0 spiro atoms. The highest BCUT2D eigenvalue weighted by Gasteiger charge is 2.18. The number of carbonyl (C=O) groups is 1. The molecule has 138 valence electrons. The topological polar surface area (TPSA) is 51.7 Å². The van der Waals surface area contributed by atoms with Crippen LogP contribution in [0.2, 0.25) is 0 Å². The fraction of sp³-hybridized carbons (Fsp3) is 0.273. The minimum atomic E-state index is -0.388. The van der Waals surface area contributed by atoms with Gasteiger partial charge in [-0.05, 0) is 35.9 Å². The summed E-state index contributed by atoms with van der Waals surface area (Å²) in [4.78, 5) is 19.1. The first-order chi connectivity index (χ1) is 13.2. The molecule has 1 aromatic heterocycles. The largest absolute Gasteiger partial charge is 0.423 e. The maximum atomic E-state index is 12.6. The van der Waals surface area contributed by atoms with Crippen LogP contribution in [0.25, 0.3) is 10.8 Å². The van der Waals surface area contributed by atoms with Crippen LogP contribution in [0.4, 0.5) is 0 Å². The van der Waals surface area contributed by atoms with Gasteiger partial charge >= 0.3 is 5.97 Å². The molecule has 5 nitrogen and oxygen atoms in total. The van der Waals surface area contributed by atoms with E-state index >= 15 is 0 Å². The van der Waals surface area contributed by atoms with Crippen LogP contribution in [-0.4, -0.2) is 42.2 Å². The summed E-state index contributed by atoms with van der Waals surface area (Å²) in [5.41, 5.74) is 2.35. The molecule has 0 saturated carbocycles. The summed E-state index contributed by atoms with van der Waals surface area (Å²) >= 11 is 0. The average Bonchev–Trinajstić information content (AvgIpc) is 2.71. The lowest BCUT2D eigenvalue weighted by atomic mass is 10.0. The Balaban J connectivity index is 1.67. The predicted molar refractivity (Wildman–Crippen MR) is 104 cm³/mol. The summed E-state index contributed by atoms with van der Waals surface area (Å²) in [5, 5.41) is 2.24. The second-order valence-electron chi connectivity index (χ2n) is 6.73. The molecule has 0 unspecified atom stereocenters. The van der Waals surface area contributed by atoms with E-state index in [9.17, 15) is 4.79 Å². The van der Waals surface area contributed by atoms with Crippen molar-refractivity contribution in [2.24, 2.45) is 0 Å². The zero-order valence-electron chi connectivity index (χ0n) is 15.4. The Bertz CT molecular complexity index is 947. The van der Waals surface area contributed by atoms with Gasteiger partial charge in [0.15, 0.2) is 0 Å². The number of hydrogen-bond acceptors (Lipinski definition) is 5. The highest BCUT2D eigenvalue weighted by atomic mass is 16.5. The summed E-state index contributed by atoms with van der Waals surface area (Å²) < 4.78 is 11.2. The molecule has 3 aromatic rings. The van der Waals surface area contributed by atoms with Crippen molar-refractivity contribution in [1.29, 1.82) is 0 Å². The second-order valence-corrected chi connectivity index (χ2v) is 6.73. The molecular formula is C22H22N2O3. The quantitative estimate of drug-likeness (QED) is 0.524. The summed E-state index contributed by atoms with van der Waals surface area (Å²) in [6.07, 6.45) is 1.56. The molecule has 5 heteroatoms. The van der Waals surface area contributed by atoms with Gasteiger partial charge in [0.2, 0.25) is 0 Å². The zero-order chi connectivity index (χ0) is 18.6. The molecule has 0 atom stereocenters. The van der Waals surface area contributed by atoms with Gasteiger partial charge < -0.3 is 9.47 Å². The molecule has 1 saturated heterocycles. The van der Waals surface area contributed by atoms with Crippen molar-refractivity contribution in [1.82, 2.24) is 9.88 Å². The van der Waals surface area contributed by atoms with Crippen LogP contribution in [0.1, 0.15) is 21.6 Å². The molecule has 0 amide bonds. The third kappa shape index (κ3) is 3.99. The lowest BCUT2D eigenvalue weighted by molar-refractivity contribution is 0.0339. The fourth-order valence-electron chi connectivity index (χ4n) is 3.30. The minimum absolute atomic E-state index is 0.388. The van der Waals surface area contributed by atoms with Crippen LogP contribution in [0.5, 0.6) is 5.75 Å². The lowest BCUT2D eigenvalue weighted by Crippen LogP contribution is -2.35. The molecule has 2 heterocycles. The first kappa shape index (κ1) is 17.6. The molecular weight excluding hydrogens is 340 g/mol. The Labute approximate surface area is 158 Å². The van der Waals surface area contributed by atoms with Gasteiger partial charge in [-0.25, -0.2) is 4.79 Å². The van der Waals surface area contributed by atoms with Crippen molar-refractivity contribution < 1.29 is 14.3 Å². The van der Waals surface area contributed by atoms with E-state index in [0.29, 0.717) is 11.3 Å². The van der Waals surface area contributed by atoms with Gasteiger partial charge in [-0.1, -0.05) is 30.3 Å². The van der Waals surface area contributed by atoms with Crippen LogP contribution in [0.3, 0.4) is 0 Å². The van der Waals surface area contributed by atoms with Gasteiger partial charge in [-0.3, -0.25) is 9.88 Å². The van der Waals surface area contributed by atoms with Crippen LogP contribution in [0, 0.1) is 6.92 Å². The van der Waals surface area contributed by atoms with E-state index in [2.05, 4.69) is 22.0 Å². The Morgan fingerprint density at radius 1 is 1.11 bits per heavy atom. The first-order valence-corrected chi connectivity index (χ1v) is 9.16. The fourth-order valence-corrected chi connectivity index (χ4v) is 3.30. The first-order valence-electron chi connectivity index (χ1n) is 9.16. The van der Waals surface area contributed by atoms with Gasteiger partial charge in [0, 0.05) is 37.1 Å². The van der Waals surface area contributed by atoms with E-state index in [0.717, 1.165) is 54.9 Å². The number of ether oxygens (including phenoxy) is 2. The molecule has 0 radical (unpaired) electrons. The SMILES string of the molecule is Cc1ccc(C(=O)Oc2ccc3ccccc3c2CN2CCOCC2)cn1. The van der Waals surface area contributed by atoms with Gasteiger partial charge in [-0.2, -0.15) is 0 Å². The number of nitrogens with zero attached hydrogens (tertiary/aromatic N) is 2. The maximum Gasteiger partial charge on any atom is 0.345 e. The van der Waals surface area contributed by atoms with Gasteiger partial charge in [0.05, 0.1) is 18.8 Å². The van der Waals surface area contributed by atoms with Crippen molar-refractivity contribution in [3.05, 3.63) is 71.5 Å². The molecule has 1 fully saturated rings.